The second-order valence-corrected chi connectivity index (χ2v) is 2.74. The van der Waals surface area contributed by atoms with Crippen molar-refractivity contribution in [1.82, 2.24) is 0 Å². The first-order valence-electron chi connectivity index (χ1n) is 3.91. The van der Waals surface area contributed by atoms with Crippen molar-refractivity contribution < 1.29 is 4.84 Å². The van der Waals surface area contributed by atoms with E-state index in [1.807, 2.05) is 24.3 Å². The van der Waals surface area contributed by atoms with Crippen molar-refractivity contribution in [2.45, 2.75) is 6.42 Å². The fourth-order valence-electron chi connectivity index (χ4n) is 1.18. The third-order valence-electron chi connectivity index (χ3n) is 1.85. The van der Waals surface area contributed by atoms with Crippen LogP contribution in [0.5, 0.6) is 0 Å². The van der Waals surface area contributed by atoms with Gasteiger partial charge in [-0.1, -0.05) is 17.3 Å². The second-order valence-electron chi connectivity index (χ2n) is 2.74. The minimum Gasteiger partial charge on any atom is -0.399 e. The monoisotopic (exact) mass is 162 g/mol. The highest BCUT2D eigenvalue weighted by Gasteiger charge is 2.09. The average molecular weight is 162 g/mol. The summed E-state index contributed by atoms with van der Waals surface area (Å²) in [5.74, 6) is 0. The molecule has 0 fully saturated rings. The highest BCUT2D eigenvalue weighted by molar-refractivity contribution is 6.01. The number of hydrogen-bond acceptors (Lipinski definition) is 3. The number of hydrogen-bond donors (Lipinski definition) is 1. The van der Waals surface area contributed by atoms with Gasteiger partial charge < -0.3 is 10.6 Å². The normalized spacial score (nSPS) is 15.5. The molecule has 62 valence electrons. The molecule has 0 atom stereocenters. The number of oxime groups is 1. The Morgan fingerprint density at radius 2 is 2.00 bits per heavy atom. The molecule has 0 spiro atoms. The highest BCUT2D eigenvalue weighted by Crippen LogP contribution is 2.12. The lowest BCUT2D eigenvalue weighted by Gasteiger charge is -1.97. The van der Waals surface area contributed by atoms with E-state index in [-0.39, 0.29) is 0 Å². The summed E-state index contributed by atoms with van der Waals surface area (Å²) >= 11 is 0. The molecular formula is C9H10N2O. The fraction of sp³-hybridized carbons (Fsp3) is 0.222. The van der Waals surface area contributed by atoms with Crippen molar-refractivity contribution >= 4 is 11.4 Å². The molecule has 1 aromatic carbocycles. The predicted molar refractivity (Wildman–Crippen MR) is 48.0 cm³/mol. The van der Waals surface area contributed by atoms with Crippen LogP contribution >= 0.6 is 0 Å². The van der Waals surface area contributed by atoms with Crippen molar-refractivity contribution in [3.8, 4) is 0 Å². The zero-order chi connectivity index (χ0) is 8.39. The van der Waals surface area contributed by atoms with Crippen LogP contribution < -0.4 is 5.73 Å². The zero-order valence-electron chi connectivity index (χ0n) is 6.66. The number of anilines is 1. The van der Waals surface area contributed by atoms with Crippen LogP contribution in [0, 0.1) is 0 Å². The molecule has 0 unspecified atom stereocenters. The largest absolute Gasteiger partial charge is 0.399 e. The van der Waals surface area contributed by atoms with Crippen molar-refractivity contribution in [2.24, 2.45) is 5.16 Å². The minimum absolute atomic E-state index is 0.694. The Morgan fingerprint density at radius 1 is 1.25 bits per heavy atom. The number of benzene rings is 1. The van der Waals surface area contributed by atoms with E-state index in [1.54, 1.807) is 0 Å². The van der Waals surface area contributed by atoms with Crippen LogP contribution in [0.25, 0.3) is 0 Å². The first-order chi connectivity index (χ1) is 5.86. The molecule has 0 aliphatic carbocycles. The van der Waals surface area contributed by atoms with Crippen molar-refractivity contribution in [3.05, 3.63) is 29.8 Å². The third-order valence-corrected chi connectivity index (χ3v) is 1.85. The van der Waals surface area contributed by atoms with Gasteiger partial charge in [-0.25, -0.2) is 0 Å². The Morgan fingerprint density at radius 3 is 2.58 bits per heavy atom. The molecule has 3 heteroatoms. The van der Waals surface area contributed by atoms with Gasteiger partial charge in [-0.05, 0) is 17.7 Å². The summed E-state index contributed by atoms with van der Waals surface area (Å²) in [6.07, 6.45) is 0.893. The van der Waals surface area contributed by atoms with Crippen LogP contribution in [0.15, 0.2) is 29.4 Å². The van der Waals surface area contributed by atoms with Crippen LogP contribution in [0.2, 0.25) is 0 Å². The molecule has 2 N–H and O–H groups in total. The maximum atomic E-state index is 5.55. The maximum absolute atomic E-state index is 5.55. The SMILES string of the molecule is Nc1ccc(C2=NOCC2)cc1. The molecule has 0 saturated heterocycles. The fourth-order valence-corrected chi connectivity index (χ4v) is 1.18. The molecule has 12 heavy (non-hydrogen) atoms. The maximum Gasteiger partial charge on any atom is 0.122 e. The molecular weight excluding hydrogens is 152 g/mol. The number of rotatable bonds is 1. The molecule has 3 nitrogen and oxygen atoms in total. The molecule has 1 aromatic rings. The molecule has 0 saturated carbocycles. The summed E-state index contributed by atoms with van der Waals surface area (Å²) in [6, 6.07) is 7.66. The standard InChI is InChI=1S/C9H10N2O/c10-8-3-1-7(2-4-8)9-5-6-12-11-9/h1-4H,5-6,10H2. The van der Waals surface area contributed by atoms with Crippen LogP contribution in [-0.2, 0) is 4.84 Å². The summed E-state index contributed by atoms with van der Waals surface area (Å²) < 4.78 is 0. The summed E-state index contributed by atoms with van der Waals surface area (Å²) in [5.41, 5.74) is 8.44. The molecule has 0 aromatic heterocycles. The van der Waals surface area contributed by atoms with Gasteiger partial charge in [-0.2, -0.15) is 0 Å². The minimum atomic E-state index is 0.694. The van der Waals surface area contributed by atoms with E-state index in [1.165, 1.54) is 0 Å². The van der Waals surface area contributed by atoms with E-state index in [2.05, 4.69) is 5.16 Å². The van der Waals surface area contributed by atoms with Gasteiger partial charge in [-0.15, -0.1) is 0 Å². The molecule has 1 aliphatic rings. The van der Waals surface area contributed by atoms with E-state index >= 15 is 0 Å². The lowest BCUT2D eigenvalue weighted by molar-refractivity contribution is 0.174. The topological polar surface area (TPSA) is 47.6 Å². The van der Waals surface area contributed by atoms with Gasteiger partial charge in [-0.3, -0.25) is 0 Å². The molecule has 1 heterocycles. The predicted octanol–water partition coefficient (Wildman–Crippen LogP) is 1.39. The average Bonchev–Trinajstić information content (AvgIpc) is 2.58. The first kappa shape index (κ1) is 7.16. The summed E-state index contributed by atoms with van der Waals surface area (Å²) in [6.45, 7) is 0.694. The van der Waals surface area contributed by atoms with Gasteiger partial charge in [0, 0.05) is 12.1 Å². The lowest BCUT2D eigenvalue weighted by Crippen LogP contribution is -1.97. The molecule has 0 radical (unpaired) electrons. The van der Waals surface area contributed by atoms with Crippen LogP contribution in [-0.4, -0.2) is 12.3 Å². The number of nitrogens with two attached hydrogens (primary N) is 1. The summed E-state index contributed by atoms with van der Waals surface area (Å²) in [4.78, 5) is 4.90. The van der Waals surface area contributed by atoms with Crippen LogP contribution in [0.4, 0.5) is 5.69 Å². The Hall–Kier alpha value is -1.51. The second kappa shape index (κ2) is 2.85. The van der Waals surface area contributed by atoms with E-state index in [0.717, 1.165) is 23.4 Å². The molecule has 0 bridgehead atoms. The first-order valence-corrected chi connectivity index (χ1v) is 3.91. The highest BCUT2D eigenvalue weighted by atomic mass is 16.6. The van der Waals surface area contributed by atoms with Crippen molar-refractivity contribution in [1.29, 1.82) is 0 Å². The Balaban J connectivity index is 2.28. The summed E-state index contributed by atoms with van der Waals surface area (Å²) in [7, 11) is 0. The number of nitrogens with zero attached hydrogens (tertiary/aromatic N) is 1. The van der Waals surface area contributed by atoms with Gasteiger partial charge in [0.25, 0.3) is 0 Å². The molecule has 0 amide bonds. The Bertz CT molecular complexity index is 303. The third kappa shape index (κ3) is 1.25. The Labute approximate surface area is 70.8 Å². The van der Waals surface area contributed by atoms with Gasteiger partial charge >= 0.3 is 0 Å². The van der Waals surface area contributed by atoms with Crippen LogP contribution in [0.1, 0.15) is 12.0 Å². The zero-order valence-corrected chi connectivity index (χ0v) is 6.66. The van der Waals surface area contributed by atoms with Crippen molar-refractivity contribution in [2.75, 3.05) is 12.3 Å². The van der Waals surface area contributed by atoms with Gasteiger partial charge in [0.15, 0.2) is 0 Å². The van der Waals surface area contributed by atoms with E-state index in [4.69, 9.17) is 10.6 Å². The van der Waals surface area contributed by atoms with Gasteiger partial charge in [0.1, 0.15) is 6.61 Å². The van der Waals surface area contributed by atoms with E-state index < -0.39 is 0 Å². The van der Waals surface area contributed by atoms with E-state index in [9.17, 15) is 0 Å². The van der Waals surface area contributed by atoms with E-state index in [0.29, 0.717) is 6.61 Å². The molecule has 1 aliphatic heterocycles. The van der Waals surface area contributed by atoms with Crippen LogP contribution in [0.3, 0.4) is 0 Å². The van der Waals surface area contributed by atoms with Gasteiger partial charge in [0.2, 0.25) is 0 Å². The quantitative estimate of drug-likeness (QED) is 0.634. The smallest absolute Gasteiger partial charge is 0.122 e. The Kier molecular flexibility index (Phi) is 1.70. The molecule has 2 rings (SSSR count). The van der Waals surface area contributed by atoms with Crippen molar-refractivity contribution in [3.63, 3.8) is 0 Å². The lowest BCUT2D eigenvalue weighted by atomic mass is 10.1. The summed E-state index contributed by atoms with van der Waals surface area (Å²) in [5, 5.41) is 3.91. The number of nitrogen functional groups attached to an aromatic ring is 1. The van der Waals surface area contributed by atoms with Gasteiger partial charge in [0.05, 0.1) is 5.71 Å².